The number of carbonyl (C=O) groups is 1. The molecule has 1 fully saturated rings. The molecule has 0 N–H and O–H groups in total. The molecule has 0 aromatic heterocycles. The topological polar surface area (TPSA) is 23.6 Å². The van der Waals surface area contributed by atoms with Crippen LogP contribution in [0.3, 0.4) is 0 Å². The normalized spacial score (nSPS) is 14.8. The van der Waals surface area contributed by atoms with Crippen molar-refractivity contribution in [2.24, 2.45) is 0 Å². The molecule has 0 aliphatic heterocycles. The van der Waals surface area contributed by atoms with E-state index in [1.807, 2.05) is 18.7 Å². The van der Waals surface area contributed by atoms with E-state index >= 15 is 0 Å². The zero-order chi connectivity index (χ0) is 15.6. The predicted molar refractivity (Wildman–Crippen MR) is 82.7 cm³/mol. The number of hydrogen-bond donors (Lipinski definition) is 0. The fourth-order valence-corrected chi connectivity index (χ4v) is 2.44. The lowest BCUT2D eigenvalue weighted by molar-refractivity contribution is -0.132. The lowest BCUT2D eigenvalue weighted by Gasteiger charge is -2.27. The highest BCUT2D eigenvalue weighted by Gasteiger charge is 2.32. The van der Waals surface area contributed by atoms with E-state index in [-0.39, 0.29) is 17.8 Å². The fraction of sp³-hybridized carbons (Fsp3) is 0.562. The summed E-state index contributed by atoms with van der Waals surface area (Å²) in [6.07, 6.45) is 2.12. The van der Waals surface area contributed by atoms with Crippen LogP contribution in [0.15, 0.2) is 18.2 Å². The van der Waals surface area contributed by atoms with Crippen LogP contribution in [0.4, 0.5) is 4.39 Å². The van der Waals surface area contributed by atoms with E-state index < -0.39 is 0 Å². The Labute approximate surface area is 130 Å². The molecule has 0 atom stereocenters. The lowest BCUT2D eigenvalue weighted by Crippen LogP contribution is -2.42. The van der Waals surface area contributed by atoms with Crippen LogP contribution in [-0.2, 0) is 11.3 Å². The van der Waals surface area contributed by atoms with Crippen LogP contribution in [0.1, 0.15) is 32.3 Å². The first kappa shape index (κ1) is 16.2. The van der Waals surface area contributed by atoms with E-state index in [4.69, 9.17) is 11.6 Å². The SMILES string of the molecule is CC(C)N(C)C(=O)CN(Cc1c(F)cccc1Cl)C1CC1. The number of likely N-dealkylation sites (N-methyl/N-ethyl adjacent to an activating group) is 1. The van der Waals surface area contributed by atoms with Crippen LogP contribution >= 0.6 is 11.6 Å². The smallest absolute Gasteiger partial charge is 0.236 e. The Morgan fingerprint density at radius 3 is 2.62 bits per heavy atom. The van der Waals surface area contributed by atoms with Crippen LogP contribution in [0.5, 0.6) is 0 Å². The van der Waals surface area contributed by atoms with Crippen molar-refractivity contribution in [2.45, 2.75) is 45.3 Å². The molecule has 1 aromatic rings. The number of nitrogens with zero attached hydrogens (tertiary/aromatic N) is 2. The van der Waals surface area contributed by atoms with Gasteiger partial charge >= 0.3 is 0 Å². The van der Waals surface area contributed by atoms with Gasteiger partial charge < -0.3 is 4.90 Å². The molecular formula is C16H22ClFN2O. The van der Waals surface area contributed by atoms with Crippen molar-refractivity contribution in [1.82, 2.24) is 9.80 Å². The summed E-state index contributed by atoms with van der Waals surface area (Å²) in [5, 5.41) is 0.422. The van der Waals surface area contributed by atoms with Gasteiger partial charge in [-0.05, 0) is 38.8 Å². The zero-order valence-corrected chi connectivity index (χ0v) is 13.5. The molecule has 2 rings (SSSR count). The highest BCUT2D eigenvalue weighted by molar-refractivity contribution is 6.31. The van der Waals surface area contributed by atoms with Crippen molar-refractivity contribution < 1.29 is 9.18 Å². The van der Waals surface area contributed by atoms with Crippen LogP contribution in [0.2, 0.25) is 5.02 Å². The molecule has 3 nitrogen and oxygen atoms in total. The molecule has 0 radical (unpaired) electrons. The van der Waals surface area contributed by atoms with Crippen LogP contribution < -0.4 is 0 Å². The summed E-state index contributed by atoms with van der Waals surface area (Å²) in [7, 11) is 1.80. The van der Waals surface area contributed by atoms with Crippen molar-refractivity contribution >= 4 is 17.5 Å². The van der Waals surface area contributed by atoms with Gasteiger partial charge in [0.05, 0.1) is 6.54 Å². The lowest BCUT2D eigenvalue weighted by atomic mass is 10.2. The molecule has 1 saturated carbocycles. The minimum atomic E-state index is -0.308. The summed E-state index contributed by atoms with van der Waals surface area (Å²) in [4.78, 5) is 16.0. The van der Waals surface area contributed by atoms with Crippen molar-refractivity contribution in [3.8, 4) is 0 Å². The van der Waals surface area contributed by atoms with Gasteiger partial charge in [-0.1, -0.05) is 17.7 Å². The van der Waals surface area contributed by atoms with E-state index in [0.717, 1.165) is 12.8 Å². The van der Waals surface area contributed by atoms with Gasteiger partial charge in [-0.2, -0.15) is 0 Å². The third-order valence-electron chi connectivity index (χ3n) is 3.99. The Hall–Kier alpha value is -1.13. The predicted octanol–water partition coefficient (Wildman–Crippen LogP) is 3.31. The number of carbonyl (C=O) groups excluding carboxylic acids is 1. The second kappa shape index (κ2) is 6.75. The van der Waals surface area contributed by atoms with Gasteiger partial charge in [0.15, 0.2) is 0 Å². The Morgan fingerprint density at radius 1 is 1.43 bits per heavy atom. The highest BCUT2D eigenvalue weighted by Crippen LogP contribution is 2.30. The highest BCUT2D eigenvalue weighted by atomic mass is 35.5. The zero-order valence-electron chi connectivity index (χ0n) is 12.8. The molecule has 0 saturated heterocycles. The summed E-state index contributed by atoms with van der Waals surface area (Å²) < 4.78 is 13.9. The molecule has 116 valence electrons. The van der Waals surface area contributed by atoms with Crippen LogP contribution in [0.25, 0.3) is 0 Å². The molecular weight excluding hydrogens is 291 g/mol. The van der Waals surface area contributed by atoms with Gasteiger partial charge in [0.1, 0.15) is 5.82 Å². The Balaban J connectivity index is 2.08. The number of amides is 1. The third kappa shape index (κ3) is 4.17. The average molecular weight is 313 g/mol. The molecule has 21 heavy (non-hydrogen) atoms. The van der Waals surface area contributed by atoms with Crippen molar-refractivity contribution in [3.05, 3.63) is 34.6 Å². The van der Waals surface area contributed by atoms with Crippen LogP contribution in [0, 0.1) is 5.82 Å². The summed E-state index contributed by atoms with van der Waals surface area (Å²) in [5.41, 5.74) is 0.478. The molecule has 1 aliphatic rings. The van der Waals surface area contributed by atoms with E-state index in [9.17, 15) is 9.18 Å². The maximum atomic E-state index is 13.9. The van der Waals surface area contributed by atoms with Gasteiger partial charge in [0.25, 0.3) is 0 Å². The minimum Gasteiger partial charge on any atom is -0.342 e. The summed E-state index contributed by atoms with van der Waals surface area (Å²) >= 11 is 6.09. The number of hydrogen-bond acceptors (Lipinski definition) is 2. The second-order valence-electron chi connectivity index (χ2n) is 5.93. The summed E-state index contributed by atoms with van der Waals surface area (Å²) in [5.74, 6) is -0.248. The summed E-state index contributed by atoms with van der Waals surface area (Å²) in [6, 6.07) is 5.22. The van der Waals surface area contributed by atoms with E-state index in [1.54, 1.807) is 24.1 Å². The molecule has 0 spiro atoms. The van der Waals surface area contributed by atoms with E-state index in [0.29, 0.717) is 29.7 Å². The first-order valence-corrected chi connectivity index (χ1v) is 7.70. The monoisotopic (exact) mass is 312 g/mol. The number of halogens is 2. The Morgan fingerprint density at radius 2 is 2.10 bits per heavy atom. The summed E-state index contributed by atoms with van der Waals surface area (Å²) in [6.45, 7) is 4.65. The van der Waals surface area contributed by atoms with Crippen molar-refractivity contribution in [1.29, 1.82) is 0 Å². The first-order valence-electron chi connectivity index (χ1n) is 7.32. The third-order valence-corrected chi connectivity index (χ3v) is 4.35. The molecule has 0 bridgehead atoms. The molecule has 1 aromatic carbocycles. The first-order chi connectivity index (χ1) is 9.90. The van der Waals surface area contributed by atoms with Crippen LogP contribution in [-0.4, -0.2) is 41.4 Å². The van der Waals surface area contributed by atoms with Crippen molar-refractivity contribution in [2.75, 3.05) is 13.6 Å². The molecule has 1 aliphatic carbocycles. The largest absolute Gasteiger partial charge is 0.342 e. The van der Waals surface area contributed by atoms with Gasteiger partial charge in [-0.3, -0.25) is 9.69 Å². The maximum Gasteiger partial charge on any atom is 0.236 e. The molecule has 0 heterocycles. The number of rotatable bonds is 6. The standard InChI is InChI=1S/C16H22ClFN2O/c1-11(2)19(3)16(21)10-20(12-7-8-12)9-13-14(17)5-4-6-15(13)18/h4-6,11-12H,7-10H2,1-3H3. The van der Waals surface area contributed by atoms with E-state index in [2.05, 4.69) is 0 Å². The fourth-order valence-electron chi connectivity index (χ4n) is 2.21. The number of benzene rings is 1. The van der Waals surface area contributed by atoms with Gasteiger partial charge in [0.2, 0.25) is 5.91 Å². The average Bonchev–Trinajstić information content (AvgIpc) is 3.25. The maximum absolute atomic E-state index is 13.9. The van der Waals surface area contributed by atoms with Gasteiger partial charge in [-0.25, -0.2) is 4.39 Å². The van der Waals surface area contributed by atoms with Gasteiger partial charge in [-0.15, -0.1) is 0 Å². The minimum absolute atomic E-state index is 0.0596. The second-order valence-corrected chi connectivity index (χ2v) is 6.34. The molecule has 5 heteroatoms. The molecule has 0 unspecified atom stereocenters. The van der Waals surface area contributed by atoms with E-state index in [1.165, 1.54) is 6.07 Å². The quantitative estimate of drug-likeness (QED) is 0.804. The molecule has 1 amide bonds. The van der Waals surface area contributed by atoms with Gasteiger partial charge in [0, 0.05) is 36.3 Å². The Kier molecular flexibility index (Phi) is 5.22. The Bertz CT molecular complexity index is 497. The van der Waals surface area contributed by atoms with Crippen molar-refractivity contribution in [3.63, 3.8) is 0 Å².